The van der Waals surface area contributed by atoms with Crippen LogP contribution >= 0.6 is 0 Å². The Hall–Kier alpha value is -2.34. The van der Waals surface area contributed by atoms with Gasteiger partial charge in [-0.3, -0.25) is 0 Å². The molecule has 96 valence electrons. The normalized spacial score (nSPS) is 10.2. The Labute approximate surface area is 113 Å². The average Bonchev–Trinajstić information content (AvgIpc) is 2.45. The smallest absolute Gasteiger partial charge is 0.140 e. The fourth-order valence-electron chi connectivity index (χ4n) is 1.86. The fraction of sp³-hybridized carbons (Fsp3) is 0.250. The van der Waals surface area contributed by atoms with Crippen LogP contribution in [0.15, 0.2) is 42.6 Å². The predicted octanol–water partition coefficient (Wildman–Crippen LogP) is 3.69. The molecule has 0 aliphatic carbocycles. The van der Waals surface area contributed by atoms with Gasteiger partial charge in [-0.05, 0) is 41.3 Å². The van der Waals surface area contributed by atoms with Gasteiger partial charge in [0, 0.05) is 18.4 Å². The molecule has 1 N–H and O–H groups in total. The number of rotatable bonds is 4. The summed E-state index contributed by atoms with van der Waals surface area (Å²) in [5.74, 6) is 0.521. The lowest BCUT2D eigenvalue weighted by Crippen LogP contribution is -2.01. The van der Waals surface area contributed by atoms with Crippen LogP contribution in [0.5, 0.6) is 0 Å². The van der Waals surface area contributed by atoms with Gasteiger partial charge < -0.3 is 5.32 Å². The van der Waals surface area contributed by atoms with Crippen molar-refractivity contribution in [3.63, 3.8) is 0 Å². The van der Waals surface area contributed by atoms with E-state index in [0.29, 0.717) is 18.2 Å². The summed E-state index contributed by atoms with van der Waals surface area (Å²) in [5.41, 5.74) is 3.93. The molecule has 3 nitrogen and oxygen atoms in total. The summed E-state index contributed by atoms with van der Waals surface area (Å²) in [6, 6.07) is 14.2. The van der Waals surface area contributed by atoms with E-state index in [1.165, 1.54) is 5.56 Å². The Morgan fingerprint density at radius 3 is 2.84 bits per heavy atom. The number of nitrogens with zero attached hydrogens (tertiary/aromatic N) is 2. The van der Waals surface area contributed by atoms with Gasteiger partial charge in [-0.1, -0.05) is 26.0 Å². The first-order valence-electron chi connectivity index (χ1n) is 6.38. The van der Waals surface area contributed by atoms with Crippen LogP contribution < -0.4 is 5.32 Å². The van der Waals surface area contributed by atoms with E-state index in [4.69, 9.17) is 5.26 Å². The van der Waals surface area contributed by atoms with E-state index >= 15 is 0 Å². The van der Waals surface area contributed by atoms with Gasteiger partial charge in [-0.15, -0.1) is 0 Å². The second-order valence-corrected chi connectivity index (χ2v) is 4.79. The summed E-state index contributed by atoms with van der Waals surface area (Å²) in [5, 5.41) is 12.2. The number of pyridine rings is 1. The number of nitrogens with one attached hydrogen (secondary N) is 1. The maximum Gasteiger partial charge on any atom is 0.140 e. The van der Waals surface area contributed by atoms with Crippen LogP contribution in [-0.2, 0) is 6.54 Å². The lowest BCUT2D eigenvalue weighted by Gasteiger charge is -2.10. The summed E-state index contributed by atoms with van der Waals surface area (Å²) in [6.45, 7) is 5.06. The lowest BCUT2D eigenvalue weighted by molar-refractivity contribution is 0.866. The van der Waals surface area contributed by atoms with Crippen LogP contribution in [0.25, 0.3) is 0 Å². The quantitative estimate of drug-likeness (QED) is 0.901. The van der Waals surface area contributed by atoms with E-state index in [1.54, 1.807) is 12.3 Å². The van der Waals surface area contributed by atoms with Gasteiger partial charge in [0.15, 0.2) is 0 Å². The summed E-state index contributed by atoms with van der Waals surface area (Å²) in [4.78, 5) is 3.96. The number of benzene rings is 1. The third-order valence-electron chi connectivity index (χ3n) is 2.99. The second-order valence-electron chi connectivity index (χ2n) is 4.79. The number of nitriles is 1. The van der Waals surface area contributed by atoms with Crippen molar-refractivity contribution in [2.45, 2.75) is 26.3 Å². The molecule has 0 saturated carbocycles. The third-order valence-corrected chi connectivity index (χ3v) is 2.99. The zero-order chi connectivity index (χ0) is 13.7. The summed E-state index contributed by atoms with van der Waals surface area (Å²) in [6.07, 6.45) is 1.67. The lowest BCUT2D eigenvalue weighted by atomic mass is 10.0. The molecule has 19 heavy (non-hydrogen) atoms. The Kier molecular flexibility index (Phi) is 4.15. The van der Waals surface area contributed by atoms with Gasteiger partial charge in [0.25, 0.3) is 0 Å². The molecule has 0 aliphatic rings. The highest BCUT2D eigenvalue weighted by Gasteiger charge is 2.01. The minimum absolute atomic E-state index is 0.454. The van der Waals surface area contributed by atoms with Gasteiger partial charge in [0.2, 0.25) is 0 Å². The first-order valence-corrected chi connectivity index (χ1v) is 6.38. The molecule has 0 unspecified atom stereocenters. The highest BCUT2D eigenvalue weighted by Crippen LogP contribution is 2.19. The van der Waals surface area contributed by atoms with E-state index in [0.717, 1.165) is 11.3 Å². The van der Waals surface area contributed by atoms with Gasteiger partial charge >= 0.3 is 0 Å². The van der Waals surface area contributed by atoms with Crippen LogP contribution in [-0.4, -0.2) is 4.98 Å². The Balaban J connectivity index is 2.06. The summed E-state index contributed by atoms with van der Waals surface area (Å²) >= 11 is 0. The van der Waals surface area contributed by atoms with Gasteiger partial charge in [-0.2, -0.15) is 5.26 Å². The minimum atomic E-state index is 0.454. The Morgan fingerprint density at radius 1 is 1.26 bits per heavy atom. The molecule has 0 bridgehead atoms. The largest absolute Gasteiger partial charge is 0.381 e. The molecule has 3 heteroatoms. The van der Waals surface area contributed by atoms with Crippen molar-refractivity contribution in [2.75, 3.05) is 5.32 Å². The van der Waals surface area contributed by atoms with Crippen LogP contribution in [0, 0.1) is 11.3 Å². The van der Waals surface area contributed by atoms with Crippen molar-refractivity contribution >= 4 is 5.69 Å². The summed E-state index contributed by atoms with van der Waals surface area (Å²) in [7, 11) is 0. The average molecular weight is 251 g/mol. The molecular formula is C16H17N3. The van der Waals surface area contributed by atoms with Crippen molar-refractivity contribution in [1.29, 1.82) is 5.26 Å². The molecular weight excluding hydrogens is 234 g/mol. The number of aromatic nitrogens is 1. The molecule has 0 radical (unpaired) electrons. The molecule has 0 aliphatic heterocycles. The maximum absolute atomic E-state index is 8.81. The van der Waals surface area contributed by atoms with E-state index in [2.05, 4.69) is 54.5 Å². The van der Waals surface area contributed by atoms with E-state index in [-0.39, 0.29) is 0 Å². The van der Waals surface area contributed by atoms with Crippen molar-refractivity contribution in [2.24, 2.45) is 0 Å². The van der Waals surface area contributed by atoms with Crippen LogP contribution in [0.1, 0.15) is 36.6 Å². The SMILES string of the molecule is CC(C)c1cccc(NCc2ccnc(C#N)c2)c1. The second kappa shape index (κ2) is 6.01. The van der Waals surface area contributed by atoms with Gasteiger partial charge in [0.05, 0.1) is 0 Å². The molecule has 0 saturated heterocycles. The van der Waals surface area contributed by atoms with Crippen LogP contribution in [0.4, 0.5) is 5.69 Å². The number of hydrogen-bond acceptors (Lipinski definition) is 3. The molecule has 1 aromatic carbocycles. The molecule has 0 atom stereocenters. The molecule has 2 aromatic rings. The highest BCUT2D eigenvalue weighted by atomic mass is 14.9. The van der Waals surface area contributed by atoms with Crippen molar-refractivity contribution in [3.8, 4) is 6.07 Å². The zero-order valence-electron chi connectivity index (χ0n) is 11.2. The topological polar surface area (TPSA) is 48.7 Å². The molecule has 0 fully saturated rings. The van der Waals surface area contributed by atoms with Gasteiger partial charge in [-0.25, -0.2) is 4.98 Å². The van der Waals surface area contributed by atoms with E-state index in [1.807, 2.05) is 6.07 Å². The van der Waals surface area contributed by atoms with Crippen molar-refractivity contribution in [1.82, 2.24) is 4.98 Å². The third kappa shape index (κ3) is 3.56. The first-order chi connectivity index (χ1) is 9.19. The maximum atomic E-state index is 8.81. The first kappa shape index (κ1) is 13.1. The van der Waals surface area contributed by atoms with Gasteiger partial charge in [0.1, 0.15) is 11.8 Å². The number of anilines is 1. The Morgan fingerprint density at radius 2 is 2.11 bits per heavy atom. The van der Waals surface area contributed by atoms with Crippen LogP contribution in [0.3, 0.4) is 0 Å². The van der Waals surface area contributed by atoms with Crippen LogP contribution in [0.2, 0.25) is 0 Å². The van der Waals surface area contributed by atoms with E-state index in [9.17, 15) is 0 Å². The Bertz CT molecular complexity index is 597. The predicted molar refractivity (Wildman–Crippen MR) is 76.8 cm³/mol. The molecule has 1 heterocycles. The molecule has 0 amide bonds. The minimum Gasteiger partial charge on any atom is -0.381 e. The number of hydrogen-bond donors (Lipinski definition) is 1. The van der Waals surface area contributed by atoms with Crippen molar-refractivity contribution in [3.05, 3.63) is 59.4 Å². The monoisotopic (exact) mass is 251 g/mol. The fourth-order valence-corrected chi connectivity index (χ4v) is 1.86. The standard InChI is InChI=1S/C16H17N3/c1-12(2)14-4-3-5-15(9-14)19-11-13-6-7-18-16(8-13)10-17/h3-9,12,19H,11H2,1-2H3. The van der Waals surface area contributed by atoms with Crippen molar-refractivity contribution < 1.29 is 0 Å². The zero-order valence-corrected chi connectivity index (χ0v) is 11.2. The highest BCUT2D eigenvalue weighted by molar-refractivity contribution is 5.47. The summed E-state index contributed by atoms with van der Waals surface area (Å²) < 4.78 is 0. The molecule has 1 aromatic heterocycles. The molecule has 2 rings (SSSR count). The van der Waals surface area contributed by atoms with E-state index < -0.39 is 0 Å². The molecule has 0 spiro atoms.